The van der Waals surface area contributed by atoms with E-state index in [9.17, 15) is 9.59 Å². The van der Waals surface area contributed by atoms with Crippen molar-refractivity contribution in [3.8, 4) is 0 Å². The number of amides is 1. The van der Waals surface area contributed by atoms with Crippen LogP contribution in [0.5, 0.6) is 0 Å². The van der Waals surface area contributed by atoms with Gasteiger partial charge in [-0.05, 0) is 19.3 Å². The fourth-order valence-corrected chi connectivity index (χ4v) is 3.76. The number of aliphatic hydroxyl groups excluding tert-OH is 1. The number of unbranched alkanes of at least 4 members (excludes halogenated alkanes) is 14. The van der Waals surface area contributed by atoms with Gasteiger partial charge in [-0.25, -0.2) is 0 Å². The number of carboxylic acid groups (broad SMARTS) is 1. The predicted octanol–water partition coefficient (Wildman–Crippen LogP) is 5.74. The fourth-order valence-electron chi connectivity index (χ4n) is 3.76. The zero-order chi connectivity index (χ0) is 21.8. The molecule has 0 aliphatic heterocycles. The molecule has 0 aliphatic carbocycles. The van der Waals surface area contributed by atoms with Crippen LogP contribution in [-0.2, 0) is 9.59 Å². The molecule has 0 aromatic carbocycles. The second kappa shape index (κ2) is 18.7. The van der Waals surface area contributed by atoms with E-state index in [4.69, 9.17) is 15.9 Å². The summed E-state index contributed by atoms with van der Waals surface area (Å²) in [4.78, 5) is 22.8. The number of primary amides is 1. The average molecular weight is 412 g/mol. The number of allylic oxidation sites excluding steroid dienone is 1. The smallest absolute Gasteiger partial charge is 0.304 e. The molecule has 29 heavy (non-hydrogen) atoms. The minimum Gasteiger partial charge on any atom is -0.481 e. The standard InChI is InChI=1S/C24H45NO4/c1-2-3-4-5-6-7-8-9-10-11-12-13-14-15-16-17-18-24(19-20-26,23(25)29)21-22(27)28/h17-18,26H,2-16,19-21H2,1H3,(H2,25,29)(H,27,28). The van der Waals surface area contributed by atoms with Gasteiger partial charge in [0.15, 0.2) is 0 Å². The Balaban J connectivity index is 3.74. The van der Waals surface area contributed by atoms with E-state index in [1.807, 2.05) is 6.08 Å². The predicted molar refractivity (Wildman–Crippen MR) is 120 cm³/mol. The number of nitrogens with two attached hydrogens (primary N) is 1. The summed E-state index contributed by atoms with van der Waals surface area (Å²) >= 11 is 0. The second-order valence-corrected chi connectivity index (χ2v) is 8.35. The van der Waals surface area contributed by atoms with Crippen LogP contribution >= 0.6 is 0 Å². The average Bonchev–Trinajstić information content (AvgIpc) is 2.67. The highest BCUT2D eigenvalue weighted by molar-refractivity contribution is 5.87. The quantitative estimate of drug-likeness (QED) is 0.165. The zero-order valence-corrected chi connectivity index (χ0v) is 18.7. The van der Waals surface area contributed by atoms with Crippen LogP contribution in [0.4, 0.5) is 0 Å². The third kappa shape index (κ3) is 15.2. The Morgan fingerprint density at radius 2 is 1.28 bits per heavy atom. The fraction of sp³-hybridized carbons (Fsp3) is 0.833. The van der Waals surface area contributed by atoms with E-state index in [-0.39, 0.29) is 19.4 Å². The first-order chi connectivity index (χ1) is 14.0. The van der Waals surface area contributed by atoms with Crippen LogP contribution in [0, 0.1) is 5.41 Å². The molecule has 0 saturated heterocycles. The highest BCUT2D eigenvalue weighted by atomic mass is 16.4. The molecule has 4 N–H and O–H groups in total. The molecule has 0 saturated carbocycles. The Labute approximate surface area is 178 Å². The number of carbonyl (C=O) groups excluding carboxylic acids is 1. The molecule has 0 aliphatic rings. The lowest BCUT2D eigenvalue weighted by Crippen LogP contribution is -2.38. The second-order valence-electron chi connectivity index (χ2n) is 8.35. The summed E-state index contributed by atoms with van der Waals surface area (Å²) in [7, 11) is 0. The Kier molecular flexibility index (Phi) is 17.8. The molecular formula is C24H45NO4. The molecule has 0 aromatic rings. The number of aliphatic carboxylic acids is 1. The van der Waals surface area contributed by atoms with Gasteiger partial charge in [0.05, 0.1) is 11.8 Å². The molecule has 0 aromatic heterocycles. The molecule has 170 valence electrons. The highest BCUT2D eigenvalue weighted by Gasteiger charge is 2.35. The van der Waals surface area contributed by atoms with E-state index in [0.29, 0.717) is 0 Å². The van der Waals surface area contributed by atoms with Gasteiger partial charge in [-0.1, -0.05) is 103 Å². The first-order valence-corrected chi connectivity index (χ1v) is 11.8. The number of rotatable bonds is 21. The summed E-state index contributed by atoms with van der Waals surface area (Å²) < 4.78 is 0. The molecule has 1 atom stereocenters. The van der Waals surface area contributed by atoms with Crippen molar-refractivity contribution >= 4 is 11.9 Å². The van der Waals surface area contributed by atoms with Crippen LogP contribution in [0.15, 0.2) is 12.2 Å². The number of carboxylic acids is 1. The summed E-state index contributed by atoms with van der Waals surface area (Å²) in [5, 5.41) is 18.2. The Bertz CT molecular complexity index is 450. The molecular weight excluding hydrogens is 366 g/mol. The highest BCUT2D eigenvalue weighted by Crippen LogP contribution is 2.28. The lowest BCUT2D eigenvalue weighted by atomic mass is 9.80. The van der Waals surface area contributed by atoms with Crippen LogP contribution in [0.2, 0.25) is 0 Å². The molecule has 5 nitrogen and oxygen atoms in total. The molecule has 0 fully saturated rings. The minimum absolute atomic E-state index is 0.0455. The number of hydrogen-bond donors (Lipinski definition) is 3. The molecule has 5 heteroatoms. The van der Waals surface area contributed by atoms with Crippen LogP contribution in [-0.4, -0.2) is 28.7 Å². The lowest BCUT2D eigenvalue weighted by molar-refractivity contribution is -0.143. The third-order valence-corrected chi connectivity index (χ3v) is 5.68. The molecule has 1 unspecified atom stereocenters. The van der Waals surface area contributed by atoms with Crippen molar-refractivity contribution in [1.29, 1.82) is 0 Å². The lowest BCUT2D eigenvalue weighted by Gasteiger charge is -2.24. The molecule has 0 spiro atoms. The van der Waals surface area contributed by atoms with Crippen molar-refractivity contribution in [1.82, 2.24) is 0 Å². The van der Waals surface area contributed by atoms with Gasteiger partial charge in [-0.2, -0.15) is 0 Å². The Morgan fingerprint density at radius 1 is 0.828 bits per heavy atom. The SMILES string of the molecule is CCCCCCCCCCCCCCCCC=CC(CCO)(CC(=O)O)C(N)=O. The summed E-state index contributed by atoms with van der Waals surface area (Å²) in [6.07, 6.45) is 22.3. The van der Waals surface area contributed by atoms with Gasteiger partial charge in [0.2, 0.25) is 5.91 Å². The van der Waals surface area contributed by atoms with Gasteiger partial charge < -0.3 is 15.9 Å². The molecule has 0 rings (SSSR count). The van der Waals surface area contributed by atoms with E-state index in [0.717, 1.165) is 19.3 Å². The number of hydrogen-bond acceptors (Lipinski definition) is 3. The van der Waals surface area contributed by atoms with Gasteiger partial charge >= 0.3 is 5.97 Å². The number of aliphatic hydroxyl groups is 1. The van der Waals surface area contributed by atoms with Crippen LogP contribution in [0.25, 0.3) is 0 Å². The van der Waals surface area contributed by atoms with E-state index >= 15 is 0 Å². The number of carbonyl (C=O) groups is 2. The third-order valence-electron chi connectivity index (χ3n) is 5.68. The summed E-state index contributed by atoms with van der Waals surface area (Å²) in [6.45, 7) is 1.99. The largest absolute Gasteiger partial charge is 0.481 e. The zero-order valence-electron chi connectivity index (χ0n) is 18.7. The van der Waals surface area contributed by atoms with Crippen LogP contribution in [0.3, 0.4) is 0 Å². The molecule has 0 heterocycles. The van der Waals surface area contributed by atoms with E-state index in [2.05, 4.69) is 6.92 Å². The Morgan fingerprint density at radius 3 is 1.66 bits per heavy atom. The van der Waals surface area contributed by atoms with Crippen LogP contribution in [0.1, 0.15) is 116 Å². The molecule has 1 amide bonds. The maximum absolute atomic E-state index is 11.7. The Hall–Kier alpha value is -1.36. The van der Waals surface area contributed by atoms with Gasteiger partial charge in [-0.3, -0.25) is 9.59 Å². The normalized spacial score (nSPS) is 13.6. The van der Waals surface area contributed by atoms with Gasteiger partial charge in [0, 0.05) is 6.61 Å². The summed E-state index contributed by atoms with van der Waals surface area (Å²) in [6, 6.07) is 0. The van der Waals surface area contributed by atoms with E-state index in [1.54, 1.807) is 6.08 Å². The van der Waals surface area contributed by atoms with Crippen molar-refractivity contribution in [2.75, 3.05) is 6.61 Å². The van der Waals surface area contributed by atoms with Crippen molar-refractivity contribution in [3.05, 3.63) is 12.2 Å². The van der Waals surface area contributed by atoms with Crippen LogP contribution < -0.4 is 5.73 Å². The topological polar surface area (TPSA) is 101 Å². The monoisotopic (exact) mass is 411 g/mol. The van der Waals surface area contributed by atoms with E-state index in [1.165, 1.54) is 77.0 Å². The van der Waals surface area contributed by atoms with Crippen molar-refractivity contribution in [2.45, 2.75) is 116 Å². The first-order valence-electron chi connectivity index (χ1n) is 11.8. The molecule has 0 radical (unpaired) electrons. The van der Waals surface area contributed by atoms with Gasteiger partial charge in [0.1, 0.15) is 0 Å². The maximum atomic E-state index is 11.7. The minimum atomic E-state index is -1.28. The first kappa shape index (κ1) is 27.6. The maximum Gasteiger partial charge on any atom is 0.304 e. The van der Waals surface area contributed by atoms with Crippen molar-refractivity contribution < 1.29 is 19.8 Å². The van der Waals surface area contributed by atoms with Crippen molar-refractivity contribution in [2.24, 2.45) is 11.1 Å². The van der Waals surface area contributed by atoms with E-state index < -0.39 is 17.3 Å². The van der Waals surface area contributed by atoms with Crippen molar-refractivity contribution in [3.63, 3.8) is 0 Å². The van der Waals surface area contributed by atoms with Gasteiger partial charge in [-0.15, -0.1) is 0 Å². The molecule has 0 bridgehead atoms. The van der Waals surface area contributed by atoms with Gasteiger partial charge in [0.25, 0.3) is 0 Å². The summed E-state index contributed by atoms with van der Waals surface area (Å²) in [5.74, 6) is -1.77. The summed E-state index contributed by atoms with van der Waals surface area (Å²) in [5.41, 5.74) is 4.13.